The van der Waals surface area contributed by atoms with Crippen molar-refractivity contribution in [2.45, 2.75) is 18.7 Å². The maximum atomic E-state index is 13.0. The van der Waals surface area contributed by atoms with Gasteiger partial charge in [-0.05, 0) is 18.2 Å². The molecule has 1 aromatic rings. The third kappa shape index (κ3) is 4.71. The summed E-state index contributed by atoms with van der Waals surface area (Å²) in [5, 5.41) is 19.5. The molecule has 1 unspecified atom stereocenters. The van der Waals surface area contributed by atoms with Gasteiger partial charge in [0.2, 0.25) is 0 Å². The fourth-order valence-corrected chi connectivity index (χ4v) is 1.43. The zero-order chi connectivity index (χ0) is 16.2. The normalized spacial score (nSPS) is 12.8. The number of benzene rings is 1. The van der Waals surface area contributed by atoms with Crippen molar-refractivity contribution in [2.24, 2.45) is 0 Å². The van der Waals surface area contributed by atoms with Crippen LogP contribution >= 0.6 is 0 Å². The minimum absolute atomic E-state index is 0.259. The number of rotatable bonds is 5. The first-order valence-corrected chi connectivity index (χ1v) is 5.68. The lowest BCUT2D eigenvalue weighted by Gasteiger charge is -2.11. The second-order valence-corrected chi connectivity index (χ2v) is 4.09. The number of carboxylic acids is 1. The standard InChI is InChI=1S/C12H11F4NO4/c13-8-2-1-6(5-7(8)12(14,15)16)10(19)17-4-3-9(18)11(20)21/h1-2,5,9,18H,3-4H2,(H,17,19)(H,20,21). The number of carbonyl (C=O) groups excluding carboxylic acids is 1. The van der Waals surface area contributed by atoms with E-state index in [4.69, 9.17) is 10.2 Å². The highest BCUT2D eigenvalue weighted by molar-refractivity contribution is 5.94. The van der Waals surface area contributed by atoms with Crippen molar-refractivity contribution in [3.8, 4) is 0 Å². The fourth-order valence-electron chi connectivity index (χ4n) is 1.43. The van der Waals surface area contributed by atoms with E-state index in [0.717, 1.165) is 6.07 Å². The van der Waals surface area contributed by atoms with E-state index in [0.29, 0.717) is 12.1 Å². The summed E-state index contributed by atoms with van der Waals surface area (Å²) < 4.78 is 50.4. The number of aliphatic hydroxyl groups is 1. The van der Waals surface area contributed by atoms with Crippen molar-refractivity contribution in [1.29, 1.82) is 0 Å². The number of nitrogens with one attached hydrogen (secondary N) is 1. The summed E-state index contributed by atoms with van der Waals surface area (Å²) in [4.78, 5) is 21.9. The zero-order valence-electron chi connectivity index (χ0n) is 10.4. The van der Waals surface area contributed by atoms with Gasteiger partial charge in [-0.2, -0.15) is 13.2 Å². The number of carboxylic acid groups (broad SMARTS) is 1. The number of carbonyl (C=O) groups is 2. The highest BCUT2D eigenvalue weighted by atomic mass is 19.4. The van der Waals surface area contributed by atoms with Gasteiger partial charge in [-0.1, -0.05) is 0 Å². The Kier molecular flexibility index (Phi) is 5.25. The van der Waals surface area contributed by atoms with Gasteiger partial charge in [0.25, 0.3) is 5.91 Å². The third-order valence-corrected chi connectivity index (χ3v) is 2.52. The van der Waals surface area contributed by atoms with Gasteiger partial charge in [-0.3, -0.25) is 4.79 Å². The maximum absolute atomic E-state index is 13.0. The van der Waals surface area contributed by atoms with Gasteiger partial charge < -0.3 is 15.5 Å². The monoisotopic (exact) mass is 309 g/mol. The van der Waals surface area contributed by atoms with Crippen LogP contribution in [0.4, 0.5) is 17.6 Å². The van der Waals surface area contributed by atoms with E-state index >= 15 is 0 Å². The summed E-state index contributed by atoms with van der Waals surface area (Å²) in [6.07, 6.45) is -6.93. The molecule has 0 radical (unpaired) electrons. The fraction of sp³-hybridized carbons (Fsp3) is 0.333. The lowest BCUT2D eigenvalue weighted by Crippen LogP contribution is -2.30. The number of amides is 1. The van der Waals surface area contributed by atoms with Crippen LogP contribution in [0.25, 0.3) is 0 Å². The van der Waals surface area contributed by atoms with Crippen LogP contribution in [-0.4, -0.2) is 34.7 Å². The first-order valence-electron chi connectivity index (χ1n) is 5.68. The Labute approximate surface area is 116 Å². The van der Waals surface area contributed by atoms with E-state index in [9.17, 15) is 27.2 Å². The number of halogens is 4. The van der Waals surface area contributed by atoms with Gasteiger partial charge in [0, 0.05) is 18.5 Å². The minimum Gasteiger partial charge on any atom is -0.479 e. The average Bonchev–Trinajstić information content (AvgIpc) is 2.37. The van der Waals surface area contributed by atoms with Gasteiger partial charge in [-0.25, -0.2) is 9.18 Å². The molecule has 0 aromatic heterocycles. The van der Waals surface area contributed by atoms with Crippen molar-refractivity contribution in [3.05, 3.63) is 35.1 Å². The van der Waals surface area contributed by atoms with Gasteiger partial charge in [0.05, 0.1) is 5.56 Å². The number of hydrogen-bond acceptors (Lipinski definition) is 3. The van der Waals surface area contributed by atoms with E-state index in [1.54, 1.807) is 0 Å². The summed E-state index contributed by atoms with van der Waals surface area (Å²) in [5.41, 5.74) is -1.99. The van der Waals surface area contributed by atoms with Crippen molar-refractivity contribution in [1.82, 2.24) is 5.32 Å². The van der Waals surface area contributed by atoms with Crippen molar-refractivity contribution < 1.29 is 37.4 Å². The summed E-state index contributed by atoms with van der Waals surface area (Å²) >= 11 is 0. The SMILES string of the molecule is O=C(NCCC(O)C(=O)O)c1ccc(F)c(C(F)(F)F)c1. The zero-order valence-corrected chi connectivity index (χ0v) is 10.4. The molecule has 1 amide bonds. The molecule has 0 spiro atoms. The predicted molar refractivity (Wildman–Crippen MR) is 62.0 cm³/mol. The van der Waals surface area contributed by atoms with Crippen LogP contribution in [0, 0.1) is 5.82 Å². The number of hydrogen-bond donors (Lipinski definition) is 3. The molecule has 0 aliphatic heterocycles. The molecule has 0 heterocycles. The molecule has 1 atom stereocenters. The second kappa shape index (κ2) is 6.53. The van der Waals surface area contributed by atoms with Crippen molar-refractivity contribution in [2.75, 3.05) is 6.54 Å². The van der Waals surface area contributed by atoms with Crippen LogP contribution < -0.4 is 5.32 Å². The van der Waals surface area contributed by atoms with Crippen LogP contribution in [0.5, 0.6) is 0 Å². The van der Waals surface area contributed by atoms with E-state index in [1.807, 2.05) is 0 Å². The molecular weight excluding hydrogens is 298 g/mol. The van der Waals surface area contributed by atoms with Crippen molar-refractivity contribution >= 4 is 11.9 Å². The molecule has 3 N–H and O–H groups in total. The first kappa shape index (κ1) is 16.9. The Balaban J connectivity index is 2.73. The smallest absolute Gasteiger partial charge is 0.419 e. The van der Waals surface area contributed by atoms with Gasteiger partial charge in [0.15, 0.2) is 6.10 Å². The molecule has 1 aromatic carbocycles. The van der Waals surface area contributed by atoms with E-state index < -0.39 is 41.1 Å². The van der Waals surface area contributed by atoms with E-state index in [-0.39, 0.29) is 13.0 Å². The Hall–Kier alpha value is -2.16. The topological polar surface area (TPSA) is 86.6 Å². The van der Waals surface area contributed by atoms with Crippen LogP contribution in [0.3, 0.4) is 0 Å². The van der Waals surface area contributed by atoms with Crippen LogP contribution in [0.2, 0.25) is 0 Å². The molecule has 0 aliphatic carbocycles. The number of aliphatic hydroxyl groups excluding tert-OH is 1. The Morgan fingerprint density at radius 2 is 1.90 bits per heavy atom. The average molecular weight is 309 g/mol. The van der Waals surface area contributed by atoms with Crippen LogP contribution in [-0.2, 0) is 11.0 Å². The molecular formula is C12H11F4NO4. The molecule has 0 aliphatic rings. The maximum Gasteiger partial charge on any atom is 0.419 e. The molecule has 9 heteroatoms. The lowest BCUT2D eigenvalue weighted by molar-refractivity contribution is -0.146. The first-order chi connectivity index (χ1) is 9.62. The lowest BCUT2D eigenvalue weighted by atomic mass is 10.1. The summed E-state index contributed by atoms with van der Waals surface area (Å²) in [6.45, 7) is -0.259. The Morgan fingerprint density at radius 1 is 1.29 bits per heavy atom. The molecule has 116 valence electrons. The molecule has 21 heavy (non-hydrogen) atoms. The second-order valence-electron chi connectivity index (χ2n) is 4.09. The third-order valence-electron chi connectivity index (χ3n) is 2.52. The van der Waals surface area contributed by atoms with Crippen LogP contribution in [0.1, 0.15) is 22.3 Å². The van der Waals surface area contributed by atoms with E-state index in [1.165, 1.54) is 0 Å². The predicted octanol–water partition coefficient (Wildman–Crippen LogP) is 1.41. The minimum atomic E-state index is -4.93. The number of alkyl halides is 3. The quantitative estimate of drug-likeness (QED) is 0.718. The highest BCUT2D eigenvalue weighted by Crippen LogP contribution is 2.31. The van der Waals surface area contributed by atoms with E-state index in [2.05, 4.69) is 5.32 Å². The summed E-state index contributed by atoms with van der Waals surface area (Å²) in [5.74, 6) is -3.91. The summed E-state index contributed by atoms with van der Waals surface area (Å²) in [6, 6.07) is 1.75. The molecule has 0 saturated carbocycles. The molecule has 0 bridgehead atoms. The van der Waals surface area contributed by atoms with Gasteiger partial charge in [0.1, 0.15) is 5.82 Å². The largest absolute Gasteiger partial charge is 0.479 e. The number of aliphatic carboxylic acids is 1. The molecule has 0 fully saturated rings. The molecule has 0 saturated heterocycles. The molecule has 1 rings (SSSR count). The highest BCUT2D eigenvalue weighted by Gasteiger charge is 2.34. The van der Waals surface area contributed by atoms with Gasteiger partial charge in [-0.15, -0.1) is 0 Å². The van der Waals surface area contributed by atoms with Crippen LogP contribution in [0.15, 0.2) is 18.2 Å². The van der Waals surface area contributed by atoms with Gasteiger partial charge >= 0.3 is 12.1 Å². The Morgan fingerprint density at radius 3 is 2.43 bits per heavy atom. The van der Waals surface area contributed by atoms with Crippen molar-refractivity contribution in [3.63, 3.8) is 0 Å². The Bertz CT molecular complexity index is 545. The molecule has 5 nitrogen and oxygen atoms in total. The summed E-state index contributed by atoms with van der Waals surface area (Å²) in [7, 11) is 0.